The summed E-state index contributed by atoms with van der Waals surface area (Å²) in [4.78, 5) is 14.3. The largest absolute Gasteiger partial charge is 0.373 e. The lowest BCUT2D eigenvalue weighted by Gasteiger charge is -2.35. The van der Waals surface area contributed by atoms with Gasteiger partial charge in [0.2, 0.25) is 5.91 Å². The summed E-state index contributed by atoms with van der Waals surface area (Å²) in [6.45, 7) is 5.61. The maximum absolute atomic E-state index is 11.8. The first-order chi connectivity index (χ1) is 9.20. The average molecular weight is 269 g/mol. The summed E-state index contributed by atoms with van der Waals surface area (Å²) in [5, 5.41) is 2.93. The molecule has 5 heteroatoms. The highest BCUT2D eigenvalue weighted by molar-refractivity contribution is 5.81. The maximum Gasteiger partial charge on any atom is 0.237 e. The second-order valence-electron chi connectivity index (χ2n) is 5.74. The monoisotopic (exact) mass is 269 g/mol. The molecular formula is C14H27N3O2. The van der Waals surface area contributed by atoms with Gasteiger partial charge in [0.05, 0.1) is 18.8 Å². The Morgan fingerprint density at radius 2 is 2.42 bits per heavy atom. The third-order valence-electron chi connectivity index (χ3n) is 4.17. The summed E-state index contributed by atoms with van der Waals surface area (Å²) in [5.74, 6) is -0.0411. The molecule has 2 aliphatic rings. The van der Waals surface area contributed by atoms with Crippen molar-refractivity contribution in [2.24, 2.45) is 5.73 Å². The number of morpholine rings is 1. The number of carbonyl (C=O) groups excluding carboxylic acids is 1. The van der Waals surface area contributed by atoms with Gasteiger partial charge in [0, 0.05) is 19.1 Å². The standard InChI is InChI=1S/C14H27N3O2/c1-2-3-6-13(15)14(18)16-8-12-9-17-7-4-5-11(17)10-19-12/h11-13H,2-10,15H2,1H3,(H,16,18). The zero-order chi connectivity index (χ0) is 13.7. The van der Waals surface area contributed by atoms with Crippen LogP contribution in [0, 0.1) is 0 Å². The molecule has 0 spiro atoms. The molecule has 19 heavy (non-hydrogen) atoms. The number of carbonyl (C=O) groups is 1. The number of nitrogens with zero attached hydrogens (tertiary/aromatic N) is 1. The van der Waals surface area contributed by atoms with Gasteiger partial charge in [-0.3, -0.25) is 9.69 Å². The highest BCUT2D eigenvalue weighted by atomic mass is 16.5. The molecule has 0 aliphatic carbocycles. The van der Waals surface area contributed by atoms with Gasteiger partial charge in [-0.1, -0.05) is 19.8 Å². The van der Waals surface area contributed by atoms with Crippen LogP contribution in [0.4, 0.5) is 0 Å². The van der Waals surface area contributed by atoms with E-state index in [-0.39, 0.29) is 18.1 Å². The molecule has 0 saturated carbocycles. The van der Waals surface area contributed by atoms with Gasteiger partial charge in [0.25, 0.3) is 0 Å². The van der Waals surface area contributed by atoms with E-state index in [2.05, 4.69) is 17.1 Å². The molecule has 0 aromatic carbocycles. The lowest BCUT2D eigenvalue weighted by Crippen LogP contribution is -2.51. The van der Waals surface area contributed by atoms with Gasteiger partial charge in [0.1, 0.15) is 0 Å². The van der Waals surface area contributed by atoms with Crippen molar-refractivity contribution >= 4 is 5.91 Å². The molecule has 0 aromatic heterocycles. The van der Waals surface area contributed by atoms with Crippen LogP contribution < -0.4 is 11.1 Å². The average Bonchev–Trinajstić information content (AvgIpc) is 2.89. The number of nitrogens with one attached hydrogen (secondary N) is 1. The Hall–Kier alpha value is -0.650. The van der Waals surface area contributed by atoms with E-state index < -0.39 is 0 Å². The highest BCUT2D eigenvalue weighted by Gasteiger charge is 2.32. The molecule has 2 aliphatic heterocycles. The lowest BCUT2D eigenvalue weighted by molar-refractivity contribution is -0.124. The topological polar surface area (TPSA) is 67.6 Å². The van der Waals surface area contributed by atoms with Gasteiger partial charge in [-0.05, 0) is 25.8 Å². The van der Waals surface area contributed by atoms with Crippen molar-refractivity contribution in [3.05, 3.63) is 0 Å². The van der Waals surface area contributed by atoms with Gasteiger partial charge in [-0.2, -0.15) is 0 Å². The van der Waals surface area contributed by atoms with E-state index in [1.807, 2.05) is 0 Å². The summed E-state index contributed by atoms with van der Waals surface area (Å²) in [6.07, 6.45) is 5.49. The minimum Gasteiger partial charge on any atom is -0.373 e. The normalized spacial score (nSPS) is 28.9. The molecule has 0 aromatic rings. The SMILES string of the molecule is CCCCC(N)C(=O)NCC1CN2CCCC2CO1. The minimum atomic E-state index is -0.372. The van der Waals surface area contributed by atoms with Gasteiger partial charge in [0.15, 0.2) is 0 Å². The number of hydrogen-bond donors (Lipinski definition) is 2. The second-order valence-corrected chi connectivity index (χ2v) is 5.74. The second kappa shape index (κ2) is 7.22. The van der Waals surface area contributed by atoms with Crippen LogP contribution in [-0.2, 0) is 9.53 Å². The van der Waals surface area contributed by atoms with Crippen LogP contribution in [0.3, 0.4) is 0 Å². The number of amides is 1. The highest BCUT2D eigenvalue weighted by Crippen LogP contribution is 2.22. The van der Waals surface area contributed by atoms with Crippen LogP contribution in [0.1, 0.15) is 39.0 Å². The summed E-state index contributed by atoms with van der Waals surface area (Å²) >= 11 is 0. The van der Waals surface area contributed by atoms with Crippen molar-refractivity contribution in [2.45, 2.75) is 57.2 Å². The molecular weight excluding hydrogens is 242 g/mol. The Morgan fingerprint density at radius 3 is 3.21 bits per heavy atom. The van der Waals surface area contributed by atoms with Crippen LogP contribution in [0.25, 0.3) is 0 Å². The molecule has 110 valence electrons. The fourth-order valence-corrected chi connectivity index (χ4v) is 2.91. The van der Waals surface area contributed by atoms with E-state index in [0.29, 0.717) is 12.6 Å². The number of ether oxygens (including phenoxy) is 1. The number of unbranched alkanes of at least 4 members (excludes halogenated alkanes) is 1. The Kier molecular flexibility index (Phi) is 5.60. The van der Waals surface area contributed by atoms with Crippen LogP contribution in [0.15, 0.2) is 0 Å². The zero-order valence-corrected chi connectivity index (χ0v) is 11.9. The van der Waals surface area contributed by atoms with Crippen molar-refractivity contribution in [3.8, 4) is 0 Å². The Bertz CT molecular complexity index is 298. The van der Waals surface area contributed by atoms with E-state index in [4.69, 9.17) is 10.5 Å². The molecule has 2 saturated heterocycles. The van der Waals surface area contributed by atoms with Crippen LogP contribution in [0.5, 0.6) is 0 Å². The first-order valence-corrected chi connectivity index (χ1v) is 7.59. The van der Waals surface area contributed by atoms with Crippen molar-refractivity contribution in [1.29, 1.82) is 0 Å². The van der Waals surface area contributed by atoms with Gasteiger partial charge in [-0.25, -0.2) is 0 Å². The minimum absolute atomic E-state index is 0.0411. The molecule has 0 bridgehead atoms. The molecule has 3 N–H and O–H groups in total. The summed E-state index contributed by atoms with van der Waals surface area (Å²) < 4.78 is 5.81. The van der Waals surface area contributed by atoms with E-state index in [0.717, 1.165) is 32.4 Å². The number of fused-ring (bicyclic) bond motifs is 1. The predicted molar refractivity (Wildman–Crippen MR) is 74.8 cm³/mol. The Balaban J connectivity index is 1.66. The summed E-state index contributed by atoms with van der Waals surface area (Å²) in [7, 11) is 0. The van der Waals surface area contributed by atoms with Gasteiger partial charge < -0.3 is 15.8 Å². The fraction of sp³-hybridized carbons (Fsp3) is 0.929. The van der Waals surface area contributed by atoms with Gasteiger partial charge in [-0.15, -0.1) is 0 Å². The number of rotatable bonds is 6. The van der Waals surface area contributed by atoms with Crippen LogP contribution >= 0.6 is 0 Å². The molecule has 2 heterocycles. The van der Waals surface area contributed by atoms with E-state index in [1.54, 1.807) is 0 Å². The van der Waals surface area contributed by atoms with Crippen molar-refractivity contribution < 1.29 is 9.53 Å². The van der Waals surface area contributed by atoms with Crippen molar-refractivity contribution in [3.63, 3.8) is 0 Å². The van der Waals surface area contributed by atoms with E-state index in [9.17, 15) is 4.79 Å². The van der Waals surface area contributed by atoms with E-state index >= 15 is 0 Å². The molecule has 0 radical (unpaired) electrons. The first-order valence-electron chi connectivity index (χ1n) is 7.59. The summed E-state index contributed by atoms with van der Waals surface area (Å²) in [6, 6.07) is 0.238. The van der Waals surface area contributed by atoms with Crippen molar-refractivity contribution in [2.75, 3.05) is 26.2 Å². The zero-order valence-electron chi connectivity index (χ0n) is 11.9. The smallest absolute Gasteiger partial charge is 0.237 e. The maximum atomic E-state index is 11.8. The third-order valence-corrected chi connectivity index (χ3v) is 4.17. The molecule has 1 amide bonds. The van der Waals surface area contributed by atoms with Crippen molar-refractivity contribution in [1.82, 2.24) is 10.2 Å². The van der Waals surface area contributed by atoms with Crippen LogP contribution in [-0.4, -0.2) is 55.2 Å². The van der Waals surface area contributed by atoms with Crippen LogP contribution in [0.2, 0.25) is 0 Å². The van der Waals surface area contributed by atoms with Gasteiger partial charge >= 0.3 is 0 Å². The quantitative estimate of drug-likeness (QED) is 0.736. The number of nitrogens with two attached hydrogens (primary N) is 1. The Labute approximate surface area is 115 Å². The summed E-state index contributed by atoms with van der Waals surface area (Å²) in [5.41, 5.74) is 5.84. The first kappa shape index (κ1) is 14.8. The molecule has 2 rings (SSSR count). The van der Waals surface area contributed by atoms with E-state index in [1.165, 1.54) is 19.4 Å². The molecule has 3 unspecified atom stereocenters. The number of hydrogen-bond acceptors (Lipinski definition) is 4. The molecule has 2 fully saturated rings. The molecule has 3 atom stereocenters. The third kappa shape index (κ3) is 4.16. The molecule has 5 nitrogen and oxygen atoms in total. The lowest BCUT2D eigenvalue weighted by atomic mass is 10.1. The predicted octanol–water partition coefficient (Wildman–Crippen LogP) is 0.483. The fourth-order valence-electron chi connectivity index (χ4n) is 2.91. The Morgan fingerprint density at radius 1 is 1.58 bits per heavy atom.